The van der Waals surface area contributed by atoms with Gasteiger partial charge in [-0.1, -0.05) is 68.2 Å². The molecule has 2 saturated heterocycles. The molecule has 0 aliphatic carbocycles. The van der Waals surface area contributed by atoms with Gasteiger partial charge in [-0.3, -0.25) is 19.1 Å². The summed E-state index contributed by atoms with van der Waals surface area (Å²) in [6.45, 7) is 10.0. The van der Waals surface area contributed by atoms with E-state index in [1.54, 1.807) is 9.47 Å². The Labute approximate surface area is 235 Å². The van der Waals surface area contributed by atoms with Gasteiger partial charge in [0.1, 0.15) is 21.8 Å². The Bertz CT molecular complexity index is 1330. The highest BCUT2D eigenvalue weighted by atomic mass is 32.2. The Hall–Kier alpha value is -2.89. The number of hydrogen-bond donors (Lipinski definition) is 0. The number of piperidine rings is 1. The van der Waals surface area contributed by atoms with Crippen molar-refractivity contribution in [2.75, 3.05) is 18.0 Å². The van der Waals surface area contributed by atoms with E-state index in [1.807, 2.05) is 39.8 Å². The number of hydrogen-bond acceptors (Lipinski definition) is 6. The number of aromatic nitrogens is 1. The van der Waals surface area contributed by atoms with Crippen molar-refractivity contribution in [1.29, 1.82) is 5.26 Å². The number of pyridine rings is 1. The van der Waals surface area contributed by atoms with Gasteiger partial charge in [-0.25, -0.2) is 0 Å². The van der Waals surface area contributed by atoms with Crippen molar-refractivity contribution in [2.45, 2.75) is 72.4 Å². The number of nitriles is 1. The highest BCUT2D eigenvalue weighted by Crippen LogP contribution is 2.38. The van der Waals surface area contributed by atoms with Crippen molar-refractivity contribution >= 4 is 46.1 Å². The minimum atomic E-state index is -0.252. The summed E-state index contributed by atoms with van der Waals surface area (Å²) >= 11 is 6.86. The second-order valence-corrected chi connectivity index (χ2v) is 11.9. The molecule has 1 aromatic heterocycles. The molecule has 2 fully saturated rings. The Morgan fingerprint density at radius 3 is 2.47 bits per heavy atom. The highest BCUT2D eigenvalue weighted by molar-refractivity contribution is 8.26. The van der Waals surface area contributed by atoms with Gasteiger partial charge in [-0.2, -0.15) is 5.26 Å². The molecule has 0 N–H and O–H groups in total. The van der Waals surface area contributed by atoms with Crippen LogP contribution in [-0.2, 0) is 17.8 Å². The predicted molar refractivity (Wildman–Crippen MR) is 160 cm³/mol. The van der Waals surface area contributed by atoms with E-state index >= 15 is 0 Å². The summed E-state index contributed by atoms with van der Waals surface area (Å²) in [5, 5.41) is 9.90. The number of anilines is 1. The number of benzene rings is 1. The van der Waals surface area contributed by atoms with Crippen molar-refractivity contribution in [1.82, 2.24) is 9.47 Å². The van der Waals surface area contributed by atoms with Crippen molar-refractivity contribution in [2.24, 2.45) is 5.92 Å². The fraction of sp³-hybridized carbons (Fsp3) is 0.467. The van der Waals surface area contributed by atoms with Gasteiger partial charge in [0.15, 0.2) is 0 Å². The molecule has 3 heterocycles. The summed E-state index contributed by atoms with van der Waals surface area (Å²) in [4.78, 5) is 31.3. The van der Waals surface area contributed by atoms with Crippen LogP contribution in [-0.4, -0.2) is 38.8 Å². The number of carbonyl (C=O) groups excluding carboxylic acids is 1. The first-order valence-electron chi connectivity index (χ1n) is 13.5. The second-order valence-electron chi connectivity index (χ2n) is 10.2. The highest BCUT2D eigenvalue weighted by Gasteiger charge is 2.36. The molecule has 0 saturated carbocycles. The lowest BCUT2D eigenvalue weighted by Crippen LogP contribution is -2.40. The van der Waals surface area contributed by atoms with Gasteiger partial charge < -0.3 is 4.90 Å². The number of rotatable bonds is 8. The largest absolute Gasteiger partial charge is 0.357 e. The Morgan fingerprint density at radius 2 is 1.87 bits per heavy atom. The van der Waals surface area contributed by atoms with E-state index in [-0.39, 0.29) is 23.1 Å². The molecule has 6 nitrogen and oxygen atoms in total. The van der Waals surface area contributed by atoms with Crippen LogP contribution in [0.15, 0.2) is 40.0 Å². The lowest BCUT2D eigenvalue weighted by atomic mass is 9.90. The lowest BCUT2D eigenvalue weighted by Gasteiger charge is -2.36. The molecule has 200 valence electrons. The number of thiocarbonyl (C=S) groups is 1. The quantitative estimate of drug-likeness (QED) is 0.302. The number of nitrogens with zero attached hydrogens (tertiary/aromatic N) is 4. The van der Waals surface area contributed by atoms with E-state index in [1.165, 1.54) is 17.3 Å². The first-order chi connectivity index (χ1) is 18.3. The minimum Gasteiger partial charge on any atom is -0.357 e. The van der Waals surface area contributed by atoms with Crippen LogP contribution in [0.3, 0.4) is 0 Å². The van der Waals surface area contributed by atoms with Gasteiger partial charge in [-0.05, 0) is 69.1 Å². The SMILES string of the molecule is CCCn1c(N2CCC(Cc3ccccc3)CC2)c(/C=C2/SC(=S)N(C(C)CC)C2=O)c(C)c(C#N)c1=O. The van der Waals surface area contributed by atoms with Gasteiger partial charge in [0.25, 0.3) is 11.5 Å². The molecular weight excluding hydrogens is 512 g/mol. The smallest absolute Gasteiger partial charge is 0.270 e. The maximum atomic E-state index is 13.5. The van der Waals surface area contributed by atoms with Crippen molar-refractivity contribution in [3.63, 3.8) is 0 Å². The zero-order valence-corrected chi connectivity index (χ0v) is 24.3. The van der Waals surface area contributed by atoms with E-state index in [0.29, 0.717) is 27.3 Å². The summed E-state index contributed by atoms with van der Waals surface area (Å²) in [5.41, 5.74) is 2.65. The molecular formula is C30H36N4O2S2. The molecule has 0 spiro atoms. The van der Waals surface area contributed by atoms with Crippen LogP contribution < -0.4 is 10.5 Å². The molecule has 2 aromatic rings. The standard InChI is InChI=1S/C30H36N4O2S2/c1-5-14-33-27(32-15-12-23(13-16-32)17-22-10-8-7-9-11-22)24(21(4)25(19-31)28(33)35)18-26-29(36)34(20(3)6-2)30(37)38-26/h7-11,18,20,23H,5-6,12-17H2,1-4H3/b26-18+. The van der Waals surface area contributed by atoms with Gasteiger partial charge >= 0.3 is 0 Å². The molecule has 0 radical (unpaired) electrons. The van der Waals surface area contributed by atoms with Crippen LogP contribution >= 0.6 is 24.0 Å². The van der Waals surface area contributed by atoms with E-state index in [0.717, 1.165) is 56.6 Å². The van der Waals surface area contributed by atoms with E-state index in [9.17, 15) is 14.9 Å². The average molecular weight is 549 g/mol. The van der Waals surface area contributed by atoms with Gasteiger partial charge in [0.2, 0.25) is 0 Å². The summed E-state index contributed by atoms with van der Waals surface area (Å²) in [6, 6.07) is 12.7. The van der Waals surface area contributed by atoms with Crippen LogP contribution in [0.1, 0.15) is 68.7 Å². The molecule has 8 heteroatoms. The van der Waals surface area contributed by atoms with Gasteiger partial charge in [0, 0.05) is 31.2 Å². The lowest BCUT2D eigenvalue weighted by molar-refractivity contribution is -0.123. The topological polar surface area (TPSA) is 69.3 Å². The van der Waals surface area contributed by atoms with Crippen LogP contribution in [0.5, 0.6) is 0 Å². The molecule has 2 aliphatic rings. The molecule has 38 heavy (non-hydrogen) atoms. The third-order valence-corrected chi connectivity index (χ3v) is 9.04. The van der Waals surface area contributed by atoms with Crippen LogP contribution in [0, 0.1) is 24.2 Å². The Balaban J connectivity index is 1.74. The summed E-state index contributed by atoms with van der Waals surface area (Å²) < 4.78 is 2.31. The van der Waals surface area contributed by atoms with E-state index in [2.05, 4.69) is 35.2 Å². The third kappa shape index (κ3) is 5.60. The summed E-state index contributed by atoms with van der Waals surface area (Å²) in [7, 11) is 0. The van der Waals surface area contributed by atoms with Crippen molar-refractivity contribution in [3.8, 4) is 6.07 Å². The number of thioether (sulfide) groups is 1. The van der Waals surface area contributed by atoms with Crippen molar-refractivity contribution in [3.05, 3.63) is 67.8 Å². The molecule has 1 aromatic carbocycles. The maximum Gasteiger partial charge on any atom is 0.270 e. The van der Waals surface area contributed by atoms with Crippen molar-refractivity contribution < 1.29 is 4.79 Å². The molecule has 0 bridgehead atoms. The zero-order valence-electron chi connectivity index (χ0n) is 22.7. The fourth-order valence-electron chi connectivity index (χ4n) is 5.39. The zero-order chi connectivity index (χ0) is 27.4. The van der Waals surface area contributed by atoms with E-state index in [4.69, 9.17) is 12.2 Å². The predicted octanol–water partition coefficient (Wildman–Crippen LogP) is 5.90. The first kappa shape index (κ1) is 28.1. The summed E-state index contributed by atoms with van der Waals surface area (Å²) in [6.07, 6.45) is 6.53. The molecule has 1 unspecified atom stereocenters. The molecule has 1 amide bonds. The normalized spacial score (nSPS) is 18.3. The Morgan fingerprint density at radius 1 is 1.18 bits per heavy atom. The average Bonchev–Trinajstić information content (AvgIpc) is 3.20. The molecule has 1 atom stereocenters. The van der Waals surface area contributed by atoms with Crippen LogP contribution in [0.4, 0.5) is 5.82 Å². The number of amides is 1. The second kappa shape index (κ2) is 12.3. The van der Waals surface area contributed by atoms with Crippen LogP contribution in [0.25, 0.3) is 6.08 Å². The first-order valence-corrected chi connectivity index (χ1v) is 14.8. The van der Waals surface area contributed by atoms with E-state index < -0.39 is 0 Å². The van der Waals surface area contributed by atoms with Gasteiger partial charge in [-0.15, -0.1) is 0 Å². The third-order valence-electron chi connectivity index (χ3n) is 7.71. The van der Waals surface area contributed by atoms with Crippen LogP contribution in [0.2, 0.25) is 0 Å². The van der Waals surface area contributed by atoms with Gasteiger partial charge in [0.05, 0.1) is 4.91 Å². The minimum absolute atomic E-state index is 0.0151. The molecule has 2 aliphatic heterocycles. The number of carbonyl (C=O) groups is 1. The maximum absolute atomic E-state index is 13.5. The summed E-state index contributed by atoms with van der Waals surface area (Å²) in [5.74, 6) is 1.29. The fourth-order valence-corrected chi connectivity index (χ4v) is 6.83. The molecule has 4 rings (SSSR count). The monoisotopic (exact) mass is 548 g/mol. The Kier molecular flexibility index (Phi) is 9.11.